The Morgan fingerprint density at radius 2 is 2.53 bits per heavy atom. The minimum atomic E-state index is -1.15. The van der Waals surface area contributed by atoms with Gasteiger partial charge in [0.05, 0.1) is 13.5 Å². The third-order valence-electron chi connectivity index (χ3n) is 2.49. The molecule has 1 aromatic rings. The number of aryl methyl sites for hydroxylation is 1. The van der Waals surface area contributed by atoms with Crippen LogP contribution in [0, 0.1) is 0 Å². The molecule has 1 aromatic heterocycles. The van der Waals surface area contributed by atoms with Gasteiger partial charge in [-0.3, -0.25) is 0 Å². The first-order valence-electron chi connectivity index (χ1n) is 4.73. The van der Waals surface area contributed by atoms with Crippen LogP contribution in [0.2, 0.25) is 0 Å². The number of ether oxygens (including phenoxy) is 1. The lowest BCUT2D eigenvalue weighted by molar-refractivity contribution is -0.160. The molecule has 2 rings (SSSR count). The summed E-state index contributed by atoms with van der Waals surface area (Å²) >= 11 is 0. The van der Waals surface area contributed by atoms with Crippen LogP contribution in [-0.2, 0) is 23.0 Å². The molecule has 7 nitrogen and oxygen atoms in total. The second-order valence-electron chi connectivity index (χ2n) is 3.62. The molecule has 0 aliphatic carbocycles. The number of hydrogen-bond donors (Lipinski definition) is 1. The van der Waals surface area contributed by atoms with E-state index >= 15 is 0 Å². The van der Waals surface area contributed by atoms with Crippen LogP contribution in [0.4, 0.5) is 0 Å². The van der Waals surface area contributed by atoms with Crippen LogP contribution in [-0.4, -0.2) is 43.5 Å². The van der Waals surface area contributed by atoms with E-state index in [4.69, 9.17) is 9.84 Å². The fourth-order valence-electron chi connectivity index (χ4n) is 1.73. The average Bonchev–Trinajstić information content (AvgIpc) is 2.77. The quantitative estimate of drug-likeness (QED) is 0.718. The summed E-state index contributed by atoms with van der Waals surface area (Å²) in [6.07, 6.45) is 1.43. The fraction of sp³-hybridized carbons (Fsp3) is 0.750. The predicted octanol–water partition coefficient (Wildman–Crippen LogP) is -0.614. The number of aromatic nitrogens is 4. The van der Waals surface area contributed by atoms with Gasteiger partial charge in [-0.05, 0) is 18.1 Å². The number of hydrogen-bond acceptors (Lipinski definition) is 5. The Kier molecular flexibility index (Phi) is 2.39. The molecule has 1 aliphatic rings. The molecule has 1 atom stereocenters. The molecule has 7 heteroatoms. The molecule has 1 N–H and O–H groups in total. The Hall–Kier alpha value is -1.50. The van der Waals surface area contributed by atoms with Gasteiger partial charge in [0.25, 0.3) is 0 Å². The normalized spacial score (nSPS) is 25.7. The van der Waals surface area contributed by atoms with Crippen molar-refractivity contribution in [2.75, 3.05) is 6.61 Å². The third kappa shape index (κ3) is 1.82. The fourth-order valence-corrected chi connectivity index (χ4v) is 1.73. The van der Waals surface area contributed by atoms with Gasteiger partial charge in [0.15, 0.2) is 11.4 Å². The van der Waals surface area contributed by atoms with Crippen molar-refractivity contribution in [3.05, 3.63) is 5.82 Å². The standard InChI is InChI=1S/C8H12N4O3/c1-12-10-6(9-11-12)5-8(7(13)14)3-2-4-15-8/h2-5H2,1H3,(H,13,14). The largest absolute Gasteiger partial charge is 0.479 e. The predicted molar refractivity (Wildman–Crippen MR) is 48.1 cm³/mol. The van der Waals surface area contributed by atoms with Crippen molar-refractivity contribution < 1.29 is 14.6 Å². The van der Waals surface area contributed by atoms with Crippen molar-refractivity contribution in [3.63, 3.8) is 0 Å². The SMILES string of the molecule is Cn1nnc(CC2(C(=O)O)CCCO2)n1. The Morgan fingerprint density at radius 1 is 1.73 bits per heavy atom. The molecule has 1 aliphatic heterocycles. The Bertz CT molecular complexity index is 370. The Morgan fingerprint density at radius 3 is 3.00 bits per heavy atom. The maximum Gasteiger partial charge on any atom is 0.336 e. The number of tetrazole rings is 1. The molecule has 1 fully saturated rings. The van der Waals surface area contributed by atoms with Crippen molar-refractivity contribution in [2.45, 2.75) is 24.9 Å². The van der Waals surface area contributed by atoms with Crippen LogP contribution in [0.25, 0.3) is 0 Å². The van der Waals surface area contributed by atoms with Crippen molar-refractivity contribution >= 4 is 5.97 Å². The summed E-state index contributed by atoms with van der Waals surface area (Å²) in [6.45, 7) is 0.479. The summed E-state index contributed by atoms with van der Waals surface area (Å²) < 4.78 is 5.30. The lowest BCUT2D eigenvalue weighted by atomic mass is 9.96. The summed E-state index contributed by atoms with van der Waals surface area (Å²) in [5.74, 6) is -0.547. The highest BCUT2D eigenvalue weighted by Gasteiger charge is 2.44. The zero-order valence-electron chi connectivity index (χ0n) is 8.38. The lowest BCUT2D eigenvalue weighted by Crippen LogP contribution is -2.40. The van der Waals surface area contributed by atoms with E-state index in [2.05, 4.69) is 15.4 Å². The summed E-state index contributed by atoms with van der Waals surface area (Å²) in [5.41, 5.74) is -1.15. The average molecular weight is 212 g/mol. The Labute approximate surface area is 86.0 Å². The molecule has 0 aromatic carbocycles. The Balaban J connectivity index is 2.17. The van der Waals surface area contributed by atoms with Gasteiger partial charge in [-0.1, -0.05) is 0 Å². The van der Waals surface area contributed by atoms with Gasteiger partial charge in [0.1, 0.15) is 0 Å². The molecule has 2 heterocycles. The second kappa shape index (κ2) is 3.58. The monoisotopic (exact) mass is 212 g/mol. The number of aliphatic carboxylic acids is 1. The first kappa shape index (κ1) is 10.0. The van der Waals surface area contributed by atoms with E-state index in [1.165, 1.54) is 4.80 Å². The van der Waals surface area contributed by atoms with E-state index in [9.17, 15) is 4.79 Å². The van der Waals surface area contributed by atoms with E-state index in [1.807, 2.05) is 0 Å². The van der Waals surface area contributed by atoms with Crippen LogP contribution < -0.4 is 0 Å². The summed E-state index contributed by atoms with van der Waals surface area (Å²) in [6, 6.07) is 0. The number of carboxylic acid groups (broad SMARTS) is 1. The lowest BCUT2D eigenvalue weighted by Gasteiger charge is -2.20. The smallest absolute Gasteiger partial charge is 0.336 e. The highest BCUT2D eigenvalue weighted by molar-refractivity contribution is 5.78. The van der Waals surface area contributed by atoms with Gasteiger partial charge in [0, 0.05) is 6.61 Å². The number of nitrogens with zero attached hydrogens (tertiary/aromatic N) is 4. The van der Waals surface area contributed by atoms with Crippen LogP contribution in [0.5, 0.6) is 0 Å². The summed E-state index contributed by atoms with van der Waals surface area (Å²) in [4.78, 5) is 12.4. The van der Waals surface area contributed by atoms with E-state index in [1.54, 1.807) is 7.05 Å². The highest BCUT2D eigenvalue weighted by atomic mass is 16.5. The molecule has 0 bridgehead atoms. The molecule has 15 heavy (non-hydrogen) atoms. The highest BCUT2D eigenvalue weighted by Crippen LogP contribution is 2.28. The third-order valence-corrected chi connectivity index (χ3v) is 2.49. The maximum atomic E-state index is 11.1. The molecule has 1 saturated heterocycles. The zero-order chi connectivity index (χ0) is 10.9. The molecule has 0 saturated carbocycles. The molecule has 0 amide bonds. The minimum Gasteiger partial charge on any atom is -0.479 e. The van der Waals surface area contributed by atoms with E-state index in [-0.39, 0.29) is 6.42 Å². The number of carboxylic acids is 1. The van der Waals surface area contributed by atoms with Crippen LogP contribution in [0.1, 0.15) is 18.7 Å². The summed E-state index contributed by atoms with van der Waals surface area (Å²) in [5, 5.41) is 20.5. The van der Waals surface area contributed by atoms with Gasteiger partial charge >= 0.3 is 5.97 Å². The number of rotatable bonds is 3. The van der Waals surface area contributed by atoms with Gasteiger partial charge in [-0.25, -0.2) is 4.79 Å². The van der Waals surface area contributed by atoms with Crippen molar-refractivity contribution in [1.29, 1.82) is 0 Å². The van der Waals surface area contributed by atoms with Crippen molar-refractivity contribution in [3.8, 4) is 0 Å². The zero-order valence-corrected chi connectivity index (χ0v) is 8.38. The molecular formula is C8H12N4O3. The second-order valence-corrected chi connectivity index (χ2v) is 3.62. The summed E-state index contributed by atoms with van der Waals surface area (Å²) in [7, 11) is 1.64. The molecule has 82 valence electrons. The van der Waals surface area contributed by atoms with E-state index in [0.717, 1.165) is 6.42 Å². The van der Waals surface area contributed by atoms with Crippen LogP contribution in [0.15, 0.2) is 0 Å². The van der Waals surface area contributed by atoms with Crippen molar-refractivity contribution in [2.24, 2.45) is 7.05 Å². The van der Waals surface area contributed by atoms with Gasteiger partial charge in [-0.2, -0.15) is 4.80 Å². The minimum absolute atomic E-state index is 0.177. The maximum absolute atomic E-state index is 11.1. The van der Waals surface area contributed by atoms with Crippen LogP contribution >= 0.6 is 0 Å². The first-order valence-corrected chi connectivity index (χ1v) is 4.73. The van der Waals surface area contributed by atoms with Crippen molar-refractivity contribution in [1.82, 2.24) is 20.2 Å². The number of carbonyl (C=O) groups is 1. The van der Waals surface area contributed by atoms with Crippen LogP contribution in [0.3, 0.4) is 0 Å². The molecule has 1 unspecified atom stereocenters. The first-order chi connectivity index (χ1) is 7.12. The van der Waals surface area contributed by atoms with Gasteiger partial charge < -0.3 is 9.84 Å². The molecule has 0 spiro atoms. The van der Waals surface area contributed by atoms with Gasteiger partial charge in [-0.15, -0.1) is 10.2 Å². The molecule has 0 radical (unpaired) electrons. The molecular weight excluding hydrogens is 200 g/mol. The van der Waals surface area contributed by atoms with Gasteiger partial charge in [0.2, 0.25) is 0 Å². The van der Waals surface area contributed by atoms with E-state index in [0.29, 0.717) is 18.9 Å². The van der Waals surface area contributed by atoms with E-state index < -0.39 is 11.6 Å². The topological polar surface area (TPSA) is 90.1 Å².